The quantitative estimate of drug-likeness (QED) is 0.847. The van der Waals surface area contributed by atoms with Crippen LogP contribution >= 0.6 is 0 Å². The van der Waals surface area contributed by atoms with Gasteiger partial charge in [0, 0.05) is 47.7 Å². The SMILES string of the molecule is Cc1cc(-c2nc(C)c3c(n2)CCNC3)cc(C)n1. The van der Waals surface area contributed by atoms with Crippen LogP contribution in [0.1, 0.15) is 28.3 Å². The van der Waals surface area contributed by atoms with Crippen LogP contribution in [0.4, 0.5) is 0 Å². The molecule has 0 unspecified atom stereocenters. The predicted molar refractivity (Wildman–Crippen MR) is 74.9 cm³/mol. The third-order valence-corrected chi connectivity index (χ3v) is 3.48. The monoisotopic (exact) mass is 254 g/mol. The van der Waals surface area contributed by atoms with Crippen LogP contribution < -0.4 is 5.32 Å². The first kappa shape index (κ1) is 12.2. The Morgan fingerprint density at radius 1 is 1.00 bits per heavy atom. The molecule has 2 aromatic rings. The third-order valence-electron chi connectivity index (χ3n) is 3.48. The summed E-state index contributed by atoms with van der Waals surface area (Å²) in [6.45, 7) is 7.96. The summed E-state index contributed by atoms with van der Waals surface area (Å²) in [5, 5.41) is 3.37. The minimum atomic E-state index is 0.826. The largest absolute Gasteiger partial charge is 0.312 e. The lowest BCUT2D eigenvalue weighted by molar-refractivity contribution is 0.622. The summed E-state index contributed by atoms with van der Waals surface area (Å²) in [6, 6.07) is 4.10. The number of nitrogens with zero attached hydrogens (tertiary/aromatic N) is 3. The Labute approximate surface area is 113 Å². The molecule has 4 nitrogen and oxygen atoms in total. The van der Waals surface area contributed by atoms with Crippen molar-refractivity contribution in [2.45, 2.75) is 33.7 Å². The Balaban J connectivity index is 2.12. The van der Waals surface area contributed by atoms with E-state index in [1.807, 2.05) is 13.8 Å². The number of aryl methyl sites for hydroxylation is 3. The van der Waals surface area contributed by atoms with Gasteiger partial charge in [-0.2, -0.15) is 0 Å². The molecule has 0 fully saturated rings. The highest BCUT2D eigenvalue weighted by Gasteiger charge is 2.16. The lowest BCUT2D eigenvalue weighted by atomic mass is 10.0. The second-order valence-corrected chi connectivity index (χ2v) is 5.12. The molecule has 0 amide bonds. The zero-order valence-corrected chi connectivity index (χ0v) is 11.6. The van der Waals surface area contributed by atoms with Crippen molar-refractivity contribution in [3.05, 3.63) is 40.5 Å². The normalized spacial score (nSPS) is 14.3. The van der Waals surface area contributed by atoms with Crippen molar-refractivity contribution in [3.8, 4) is 11.4 Å². The van der Waals surface area contributed by atoms with Crippen molar-refractivity contribution in [1.29, 1.82) is 0 Å². The second kappa shape index (κ2) is 4.70. The topological polar surface area (TPSA) is 50.7 Å². The maximum absolute atomic E-state index is 4.75. The summed E-state index contributed by atoms with van der Waals surface area (Å²) in [6.07, 6.45) is 0.981. The number of pyridine rings is 1. The van der Waals surface area contributed by atoms with Crippen LogP contribution in [0.5, 0.6) is 0 Å². The van der Waals surface area contributed by atoms with E-state index in [1.54, 1.807) is 0 Å². The van der Waals surface area contributed by atoms with Crippen LogP contribution in [0.3, 0.4) is 0 Å². The van der Waals surface area contributed by atoms with E-state index >= 15 is 0 Å². The van der Waals surface area contributed by atoms with Crippen molar-refractivity contribution in [2.24, 2.45) is 0 Å². The highest BCUT2D eigenvalue weighted by Crippen LogP contribution is 2.22. The third kappa shape index (κ3) is 2.36. The molecular weight excluding hydrogens is 236 g/mol. The molecule has 3 rings (SSSR count). The predicted octanol–water partition coefficient (Wildman–Crippen LogP) is 2.11. The Kier molecular flexibility index (Phi) is 3.03. The van der Waals surface area contributed by atoms with E-state index in [1.165, 1.54) is 11.3 Å². The van der Waals surface area contributed by atoms with Gasteiger partial charge in [0.1, 0.15) is 0 Å². The van der Waals surface area contributed by atoms with Crippen molar-refractivity contribution >= 4 is 0 Å². The van der Waals surface area contributed by atoms with E-state index in [9.17, 15) is 0 Å². The first-order valence-corrected chi connectivity index (χ1v) is 6.66. The molecule has 0 spiro atoms. The van der Waals surface area contributed by atoms with E-state index in [0.717, 1.165) is 48.0 Å². The average Bonchev–Trinajstić information content (AvgIpc) is 2.37. The van der Waals surface area contributed by atoms with Gasteiger partial charge in [0.2, 0.25) is 0 Å². The van der Waals surface area contributed by atoms with Crippen molar-refractivity contribution in [2.75, 3.05) is 6.54 Å². The molecule has 0 aromatic carbocycles. The van der Waals surface area contributed by atoms with Crippen LogP contribution in [0.15, 0.2) is 12.1 Å². The van der Waals surface area contributed by atoms with Gasteiger partial charge < -0.3 is 5.32 Å². The van der Waals surface area contributed by atoms with Crippen molar-refractivity contribution in [1.82, 2.24) is 20.3 Å². The molecule has 1 aliphatic heterocycles. The Hall–Kier alpha value is -1.81. The summed E-state index contributed by atoms with van der Waals surface area (Å²) in [5.74, 6) is 0.826. The minimum Gasteiger partial charge on any atom is -0.312 e. The van der Waals surface area contributed by atoms with Gasteiger partial charge in [0.15, 0.2) is 5.82 Å². The number of rotatable bonds is 1. The van der Waals surface area contributed by atoms with Crippen LogP contribution in [0, 0.1) is 20.8 Å². The Morgan fingerprint density at radius 2 is 1.74 bits per heavy atom. The van der Waals surface area contributed by atoms with Gasteiger partial charge in [-0.3, -0.25) is 4.98 Å². The van der Waals surface area contributed by atoms with Gasteiger partial charge >= 0.3 is 0 Å². The van der Waals surface area contributed by atoms with Gasteiger partial charge in [-0.15, -0.1) is 0 Å². The van der Waals surface area contributed by atoms with E-state index in [-0.39, 0.29) is 0 Å². The summed E-state index contributed by atoms with van der Waals surface area (Å²) >= 11 is 0. The average molecular weight is 254 g/mol. The number of hydrogen-bond acceptors (Lipinski definition) is 4. The number of nitrogens with one attached hydrogen (secondary N) is 1. The highest BCUT2D eigenvalue weighted by molar-refractivity contribution is 5.57. The molecule has 3 heterocycles. The summed E-state index contributed by atoms with van der Waals surface area (Å²) < 4.78 is 0. The molecule has 0 atom stereocenters. The molecule has 98 valence electrons. The molecule has 2 aromatic heterocycles. The van der Waals surface area contributed by atoms with Crippen molar-refractivity contribution < 1.29 is 0 Å². The molecule has 0 saturated heterocycles. The first-order chi connectivity index (χ1) is 9.13. The van der Waals surface area contributed by atoms with Crippen LogP contribution in [-0.4, -0.2) is 21.5 Å². The van der Waals surface area contributed by atoms with Crippen LogP contribution in [0.2, 0.25) is 0 Å². The van der Waals surface area contributed by atoms with Gasteiger partial charge in [-0.05, 0) is 32.9 Å². The summed E-state index contributed by atoms with van der Waals surface area (Å²) in [4.78, 5) is 13.8. The van der Waals surface area contributed by atoms with Crippen LogP contribution in [-0.2, 0) is 13.0 Å². The minimum absolute atomic E-state index is 0.826. The van der Waals surface area contributed by atoms with E-state index in [0.29, 0.717) is 0 Å². The van der Waals surface area contributed by atoms with E-state index in [2.05, 4.69) is 34.3 Å². The fourth-order valence-corrected chi connectivity index (χ4v) is 2.61. The molecule has 0 bridgehead atoms. The Bertz CT molecular complexity index is 614. The molecule has 1 aliphatic rings. The van der Waals surface area contributed by atoms with Gasteiger partial charge in [0.05, 0.1) is 5.69 Å². The number of fused-ring (bicyclic) bond motifs is 1. The maximum Gasteiger partial charge on any atom is 0.159 e. The molecule has 0 saturated carbocycles. The summed E-state index contributed by atoms with van der Waals surface area (Å²) in [5.41, 5.74) is 6.62. The van der Waals surface area contributed by atoms with E-state index < -0.39 is 0 Å². The molecule has 0 aliphatic carbocycles. The molecule has 19 heavy (non-hydrogen) atoms. The van der Waals surface area contributed by atoms with E-state index in [4.69, 9.17) is 4.98 Å². The lowest BCUT2D eigenvalue weighted by Gasteiger charge is -2.18. The van der Waals surface area contributed by atoms with Gasteiger partial charge in [-0.1, -0.05) is 0 Å². The number of hydrogen-bond donors (Lipinski definition) is 1. The zero-order chi connectivity index (χ0) is 13.4. The summed E-state index contributed by atoms with van der Waals surface area (Å²) in [7, 11) is 0. The zero-order valence-electron chi connectivity index (χ0n) is 11.6. The highest BCUT2D eigenvalue weighted by atomic mass is 14.9. The standard InChI is InChI=1S/C15H18N4/c1-9-6-12(7-10(2)17-9)15-18-11(3)13-8-16-5-4-14(13)19-15/h6-7,16H,4-5,8H2,1-3H3. The van der Waals surface area contributed by atoms with Gasteiger partial charge in [-0.25, -0.2) is 9.97 Å². The first-order valence-electron chi connectivity index (χ1n) is 6.66. The number of aromatic nitrogens is 3. The second-order valence-electron chi connectivity index (χ2n) is 5.12. The molecule has 1 N–H and O–H groups in total. The molecular formula is C15H18N4. The Morgan fingerprint density at radius 3 is 2.47 bits per heavy atom. The molecule has 0 radical (unpaired) electrons. The maximum atomic E-state index is 4.75. The fraction of sp³-hybridized carbons (Fsp3) is 0.400. The smallest absolute Gasteiger partial charge is 0.159 e. The van der Waals surface area contributed by atoms with Crippen LogP contribution in [0.25, 0.3) is 11.4 Å². The molecule has 4 heteroatoms. The fourth-order valence-electron chi connectivity index (χ4n) is 2.61. The lowest BCUT2D eigenvalue weighted by Crippen LogP contribution is -2.26. The van der Waals surface area contributed by atoms with Gasteiger partial charge in [0.25, 0.3) is 0 Å². The van der Waals surface area contributed by atoms with Crippen molar-refractivity contribution in [3.63, 3.8) is 0 Å².